The molecule has 0 aliphatic rings. The maximum atomic E-state index is 10.4. The Bertz CT molecular complexity index is 413. The molecule has 0 radical (unpaired) electrons. The zero-order valence-corrected chi connectivity index (χ0v) is 22.8. The standard InChI is InChI=1S/C30H60O4/c1-2-3-4-5-6-11-14-17-20-23-28(31)26-27-29(32)24-21-18-15-12-9-7-8-10-13-16-19-22-25-30(33)34/h28-29,31-32H,2-27H2,1H3,(H,33,34). The molecule has 0 bridgehead atoms. The molecule has 2 atom stereocenters. The van der Waals surface area contributed by atoms with E-state index in [9.17, 15) is 15.0 Å². The van der Waals surface area contributed by atoms with E-state index in [1.165, 1.54) is 109 Å². The summed E-state index contributed by atoms with van der Waals surface area (Å²) < 4.78 is 0. The predicted molar refractivity (Wildman–Crippen MR) is 145 cm³/mol. The zero-order chi connectivity index (χ0) is 25.1. The first-order valence-electron chi connectivity index (χ1n) is 15.1. The molecule has 0 aliphatic heterocycles. The minimum Gasteiger partial charge on any atom is -0.481 e. The first-order valence-corrected chi connectivity index (χ1v) is 15.1. The molecule has 0 aromatic heterocycles. The zero-order valence-electron chi connectivity index (χ0n) is 22.8. The van der Waals surface area contributed by atoms with Crippen molar-refractivity contribution in [1.29, 1.82) is 0 Å². The van der Waals surface area contributed by atoms with Crippen molar-refractivity contribution in [3.63, 3.8) is 0 Å². The minimum absolute atomic E-state index is 0.232. The second-order valence-electron chi connectivity index (χ2n) is 10.7. The molecule has 0 spiro atoms. The number of unbranched alkanes of at least 4 members (excludes halogenated alkanes) is 19. The summed E-state index contributed by atoms with van der Waals surface area (Å²) in [5.41, 5.74) is 0. The Morgan fingerprint density at radius 1 is 0.471 bits per heavy atom. The number of rotatable bonds is 28. The molecule has 0 aromatic carbocycles. The smallest absolute Gasteiger partial charge is 0.303 e. The maximum Gasteiger partial charge on any atom is 0.303 e. The van der Waals surface area contributed by atoms with E-state index >= 15 is 0 Å². The van der Waals surface area contributed by atoms with Gasteiger partial charge in [-0.2, -0.15) is 0 Å². The number of carboxylic acid groups (broad SMARTS) is 1. The summed E-state index contributed by atoms with van der Waals surface area (Å²) >= 11 is 0. The molecule has 3 N–H and O–H groups in total. The number of aliphatic hydroxyl groups excluding tert-OH is 2. The molecular formula is C30H60O4. The summed E-state index contributed by atoms with van der Waals surface area (Å²) in [5.74, 6) is -0.673. The molecule has 0 fully saturated rings. The summed E-state index contributed by atoms with van der Waals surface area (Å²) in [6.45, 7) is 2.26. The fourth-order valence-corrected chi connectivity index (χ4v) is 4.79. The lowest BCUT2D eigenvalue weighted by Gasteiger charge is -2.14. The summed E-state index contributed by atoms with van der Waals surface area (Å²) in [7, 11) is 0. The van der Waals surface area contributed by atoms with E-state index < -0.39 is 5.97 Å². The molecule has 4 heteroatoms. The Hall–Kier alpha value is -0.610. The Morgan fingerprint density at radius 3 is 1.09 bits per heavy atom. The van der Waals surface area contributed by atoms with Crippen LogP contribution in [0.3, 0.4) is 0 Å². The van der Waals surface area contributed by atoms with Crippen LogP contribution >= 0.6 is 0 Å². The van der Waals surface area contributed by atoms with Crippen molar-refractivity contribution in [3.05, 3.63) is 0 Å². The Labute approximate surface area is 212 Å². The van der Waals surface area contributed by atoms with Gasteiger partial charge < -0.3 is 15.3 Å². The molecule has 0 saturated carbocycles. The van der Waals surface area contributed by atoms with E-state index in [2.05, 4.69) is 6.92 Å². The summed E-state index contributed by atoms with van der Waals surface area (Å²) in [5, 5.41) is 29.0. The van der Waals surface area contributed by atoms with Gasteiger partial charge in [-0.25, -0.2) is 0 Å². The molecular weight excluding hydrogens is 424 g/mol. The largest absolute Gasteiger partial charge is 0.481 e. The van der Waals surface area contributed by atoms with Crippen molar-refractivity contribution in [2.45, 2.75) is 186 Å². The molecule has 0 aromatic rings. The van der Waals surface area contributed by atoms with Crippen molar-refractivity contribution in [3.8, 4) is 0 Å². The first kappa shape index (κ1) is 33.4. The molecule has 204 valence electrons. The Balaban J connectivity index is 3.28. The topological polar surface area (TPSA) is 77.8 Å². The third-order valence-corrected chi connectivity index (χ3v) is 7.15. The highest BCUT2D eigenvalue weighted by atomic mass is 16.4. The average Bonchev–Trinajstić information content (AvgIpc) is 2.81. The van der Waals surface area contributed by atoms with Gasteiger partial charge in [0.2, 0.25) is 0 Å². The number of aliphatic hydroxyl groups is 2. The second kappa shape index (κ2) is 27.0. The normalized spacial score (nSPS) is 13.3. The van der Waals surface area contributed by atoms with Crippen LogP contribution in [0.4, 0.5) is 0 Å². The van der Waals surface area contributed by atoms with Crippen LogP contribution in [0.15, 0.2) is 0 Å². The predicted octanol–water partition coefficient (Wildman–Crippen LogP) is 8.96. The van der Waals surface area contributed by atoms with Crippen molar-refractivity contribution >= 4 is 5.97 Å². The van der Waals surface area contributed by atoms with E-state index in [-0.39, 0.29) is 12.2 Å². The van der Waals surface area contributed by atoms with Gasteiger partial charge in [-0.15, -0.1) is 0 Å². The number of hydrogen-bond donors (Lipinski definition) is 3. The molecule has 0 rings (SSSR count). The van der Waals surface area contributed by atoms with Crippen molar-refractivity contribution in [2.24, 2.45) is 0 Å². The minimum atomic E-state index is -0.673. The lowest BCUT2D eigenvalue weighted by atomic mass is 9.99. The molecule has 0 aliphatic carbocycles. The fourth-order valence-electron chi connectivity index (χ4n) is 4.79. The van der Waals surface area contributed by atoms with Gasteiger partial charge in [-0.1, -0.05) is 135 Å². The number of carboxylic acids is 1. The SMILES string of the molecule is CCCCCCCCCCCC(O)CCC(O)CCCCCCCCCCCCCCC(=O)O. The number of hydrogen-bond acceptors (Lipinski definition) is 3. The van der Waals surface area contributed by atoms with Gasteiger partial charge in [0, 0.05) is 6.42 Å². The van der Waals surface area contributed by atoms with Crippen molar-refractivity contribution in [1.82, 2.24) is 0 Å². The third kappa shape index (κ3) is 27.6. The highest BCUT2D eigenvalue weighted by molar-refractivity contribution is 5.66. The van der Waals surface area contributed by atoms with Crippen LogP contribution in [0.25, 0.3) is 0 Å². The van der Waals surface area contributed by atoms with Crippen LogP contribution in [0.1, 0.15) is 174 Å². The van der Waals surface area contributed by atoms with E-state index in [0.29, 0.717) is 6.42 Å². The van der Waals surface area contributed by atoms with E-state index in [0.717, 1.165) is 51.4 Å². The first-order chi connectivity index (χ1) is 16.6. The lowest BCUT2D eigenvalue weighted by molar-refractivity contribution is -0.137. The second-order valence-corrected chi connectivity index (χ2v) is 10.7. The van der Waals surface area contributed by atoms with Gasteiger partial charge in [0.1, 0.15) is 0 Å². The molecule has 0 heterocycles. The molecule has 2 unspecified atom stereocenters. The van der Waals surface area contributed by atoms with E-state index in [4.69, 9.17) is 5.11 Å². The highest BCUT2D eigenvalue weighted by Crippen LogP contribution is 2.17. The maximum absolute atomic E-state index is 10.4. The monoisotopic (exact) mass is 484 g/mol. The van der Waals surface area contributed by atoms with Gasteiger partial charge in [0.25, 0.3) is 0 Å². The summed E-state index contributed by atoms with van der Waals surface area (Å²) in [4.78, 5) is 10.4. The molecule has 0 saturated heterocycles. The lowest BCUT2D eigenvalue weighted by Crippen LogP contribution is -2.13. The highest BCUT2D eigenvalue weighted by Gasteiger charge is 2.09. The van der Waals surface area contributed by atoms with Crippen LogP contribution in [-0.2, 0) is 4.79 Å². The van der Waals surface area contributed by atoms with Crippen LogP contribution in [0.2, 0.25) is 0 Å². The van der Waals surface area contributed by atoms with Crippen LogP contribution in [0.5, 0.6) is 0 Å². The summed E-state index contributed by atoms with van der Waals surface area (Å²) in [6, 6.07) is 0. The summed E-state index contributed by atoms with van der Waals surface area (Å²) in [6.07, 6.45) is 29.3. The van der Waals surface area contributed by atoms with Gasteiger partial charge >= 0.3 is 5.97 Å². The Morgan fingerprint density at radius 2 is 0.765 bits per heavy atom. The van der Waals surface area contributed by atoms with Gasteiger partial charge in [-0.05, 0) is 32.1 Å². The van der Waals surface area contributed by atoms with Crippen LogP contribution in [-0.4, -0.2) is 33.5 Å². The van der Waals surface area contributed by atoms with E-state index in [1.807, 2.05) is 0 Å². The quantitative estimate of drug-likeness (QED) is 0.0968. The Kier molecular flexibility index (Phi) is 26.5. The van der Waals surface area contributed by atoms with Crippen LogP contribution in [0, 0.1) is 0 Å². The van der Waals surface area contributed by atoms with Gasteiger partial charge in [-0.3, -0.25) is 4.79 Å². The van der Waals surface area contributed by atoms with Crippen molar-refractivity contribution < 1.29 is 20.1 Å². The molecule has 4 nitrogen and oxygen atoms in total. The van der Waals surface area contributed by atoms with Gasteiger partial charge in [0.15, 0.2) is 0 Å². The number of aliphatic carboxylic acids is 1. The third-order valence-electron chi connectivity index (χ3n) is 7.15. The van der Waals surface area contributed by atoms with Crippen molar-refractivity contribution in [2.75, 3.05) is 0 Å². The van der Waals surface area contributed by atoms with Crippen LogP contribution < -0.4 is 0 Å². The molecule has 34 heavy (non-hydrogen) atoms. The fraction of sp³-hybridized carbons (Fsp3) is 0.967. The van der Waals surface area contributed by atoms with E-state index in [1.54, 1.807) is 0 Å². The van der Waals surface area contributed by atoms with Gasteiger partial charge in [0.05, 0.1) is 12.2 Å². The molecule has 0 amide bonds. The average molecular weight is 485 g/mol. The number of carbonyl (C=O) groups is 1.